The van der Waals surface area contributed by atoms with E-state index >= 15 is 4.39 Å². The molecular formula is C21H27FO5. The summed E-state index contributed by atoms with van der Waals surface area (Å²) in [5, 5.41) is 31.5. The molecule has 0 aromatic rings. The summed E-state index contributed by atoms with van der Waals surface area (Å²) in [5.74, 6) is -1.64. The summed E-state index contributed by atoms with van der Waals surface area (Å²) in [6, 6.07) is 0. The van der Waals surface area contributed by atoms with Gasteiger partial charge in [-0.1, -0.05) is 18.6 Å². The number of fused-ring (bicyclic) bond motifs is 5. The Kier molecular flexibility index (Phi) is 3.92. The van der Waals surface area contributed by atoms with Gasteiger partial charge in [0.25, 0.3) is 0 Å². The Morgan fingerprint density at radius 2 is 2.00 bits per heavy atom. The number of rotatable bonds is 2. The third-order valence-corrected chi connectivity index (χ3v) is 8.40. The van der Waals surface area contributed by atoms with Crippen molar-refractivity contribution in [1.29, 1.82) is 0 Å². The average Bonchev–Trinajstić information content (AvgIpc) is 2.88. The molecule has 4 rings (SSSR count). The second-order valence-electron chi connectivity index (χ2n) is 9.24. The Bertz CT molecular complexity index is 775. The topological polar surface area (TPSA) is 94.8 Å². The zero-order valence-electron chi connectivity index (χ0n) is 15.7. The highest BCUT2D eigenvalue weighted by atomic mass is 19.1. The van der Waals surface area contributed by atoms with Crippen molar-refractivity contribution in [1.82, 2.24) is 0 Å². The van der Waals surface area contributed by atoms with Crippen molar-refractivity contribution < 1.29 is 29.3 Å². The van der Waals surface area contributed by atoms with Crippen LogP contribution < -0.4 is 0 Å². The van der Waals surface area contributed by atoms with Gasteiger partial charge in [-0.3, -0.25) is 9.59 Å². The molecule has 0 aromatic heterocycles. The molecular weight excluding hydrogens is 351 g/mol. The minimum absolute atomic E-state index is 0.0580. The van der Waals surface area contributed by atoms with E-state index in [2.05, 4.69) is 0 Å². The van der Waals surface area contributed by atoms with E-state index < -0.39 is 46.5 Å². The molecule has 0 saturated heterocycles. The SMILES string of the molecule is C[C@]12C[C@H](O)[C@@]3(F)[C@H](CCC4=CC(=O)C=C[C@]43C)[C@@H]1CC[C@]2(O)C(=O)CO. The van der Waals surface area contributed by atoms with Crippen molar-refractivity contribution in [2.24, 2.45) is 22.7 Å². The second kappa shape index (κ2) is 5.58. The maximum absolute atomic E-state index is 16.7. The molecule has 0 amide bonds. The van der Waals surface area contributed by atoms with Crippen LogP contribution in [0, 0.1) is 22.7 Å². The maximum atomic E-state index is 16.7. The number of hydrogen-bond acceptors (Lipinski definition) is 5. The van der Waals surface area contributed by atoms with Crippen LogP contribution in [0.15, 0.2) is 23.8 Å². The molecule has 4 aliphatic carbocycles. The molecule has 7 atom stereocenters. The van der Waals surface area contributed by atoms with E-state index in [1.807, 2.05) is 0 Å². The summed E-state index contributed by atoms with van der Waals surface area (Å²) < 4.78 is 16.7. The van der Waals surface area contributed by atoms with E-state index in [9.17, 15) is 24.9 Å². The number of allylic oxidation sites excluding steroid dienone is 4. The van der Waals surface area contributed by atoms with Gasteiger partial charge in [0.15, 0.2) is 17.2 Å². The van der Waals surface area contributed by atoms with Crippen LogP contribution >= 0.6 is 0 Å². The predicted molar refractivity (Wildman–Crippen MR) is 95.4 cm³/mol. The zero-order chi connectivity index (χ0) is 19.8. The van der Waals surface area contributed by atoms with Gasteiger partial charge in [-0.05, 0) is 57.1 Å². The van der Waals surface area contributed by atoms with Crippen molar-refractivity contribution in [2.45, 2.75) is 63.3 Å². The minimum atomic E-state index is -1.97. The molecule has 5 nitrogen and oxygen atoms in total. The lowest BCUT2D eigenvalue weighted by Crippen LogP contribution is -2.69. The lowest BCUT2D eigenvalue weighted by molar-refractivity contribution is -0.217. The Labute approximate surface area is 158 Å². The first kappa shape index (κ1) is 19.0. The van der Waals surface area contributed by atoms with E-state index in [0.29, 0.717) is 24.8 Å². The summed E-state index contributed by atoms with van der Waals surface area (Å²) in [4.78, 5) is 24.1. The van der Waals surface area contributed by atoms with Crippen LogP contribution in [0.5, 0.6) is 0 Å². The highest BCUT2D eigenvalue weighted by Gasteiger charge is 2.73. The number of halogens is 1. The number of aliphatic hydroxyl groups excluding tert-OH is 2. The fourth-order valence-corrected chi connectivity index (χ4v) is 6.80. The van der Waals surface area contributed by atoms with Gasteiger partial charge < -0.3 is 15.3 Å². The number of Topliss-reactive ketones (excluding diaryl/α,β-unsaturated/α-hetero) is 1. The molecule has 0 bridgehead atoms. The fourth-order valence-electron chi connectivity index (χ4n) is 6.80. The van der Waals surface area contributed by atoms with Gasteiger partial charge in [0, 0.05) is 16.7 Å². The molecule has 0 unspecified atom stereocenters. The van der Waals surface area contributed by atoms with Gasteiger partial charge in [-0.2, -0.15) is 0 Å². The molecule has 3 saturated carbocycles. The smallest absolute Gasteiger partial charge is 0.190 e. The van der Waals surface area contributed by atoms with E-state index in [0.717, 1.165) is 0 Å². The van der Waals surface area contributed by atoms with Crippen LogP contribution in [0.25, 0.3) is 0 Å². The van der Waals surface area contributed by atoms with Crippen LogP contribution in [0.2, 0.25) is 0 Å². The highest BCUT2D eigenvalue weighted by Crippen LogP contribution is 2.69. The van der Waals surface area contributed by atoms with Crippen molar-refractivity contribution in [3.8, 4) is 0 Å². The molecule has 4 aliphatic rings. The molecule has 0 aliphatic heterocycles. The Morgan fingerprint density at radius 1 is 1.30 bits per heavy atom. The number of carbonyl (C=O) groups excluding carboxylic acids is 2. The van der Waals surface area contributed by atoms with Crippen molar-refractivity contribution in [3.05, 3.63) is 23.8 Å². The third-order valence-electron chi connectivity index (χ3n) is 8.40. The quantitative estimate of drug-likeness (QED) is 0.679. The van der Waals surface area contributed by atoms with Crippen LogP contribution in [0.3, 0.4) is 0 Å². The van der Waals surface area contributed by atoms with Crippen LogP contribution in [0.1, 0.15) is 46.0 Å². The number of ketones is 2. The average molecular weight is 378 g/mol. The van der Waals surface area contributed by atoms with Crippen LogP contribution in [-0.4, -0.2) is 50.9 Å². The number of alkyl halides is 1. The van der Waals surface area contributed by atoms with E-state index in [-0.39, 0.29) is 24.5 Å². The van der Waals surface area contributed by atoms with Crippen molar-refractivity contribution in [3.63, 3.8) is 0 Å². The first-order valence-electron chi connectivity index (χ1n) is 9.72. The van der Waals surface area contributed by atoms with Crippen LogP contribution in [-0.2, 0) is 9.59 Å². The summed E-state index contributed by atoms with van der Waals surface area (Å²) in [6.45, 7) is 2.71. The molecule has 6 heteroatoms. The minimum Gasteiger partial charge on any atom is -0.390 e. The van der Waals surface area contributed by atoms with Gasteiger partial charge in [-0.15, -0.1) is 0 Å². The summed E-state index contributed by atoms with van der Waals surface area (Å²) in [7, 11) is 0. The lowest BCUT2D eigenvalue weighted by atomic mass is 9.44. The van der Waals surface area contributed by atoms with Gasteiger partial charge >= 0.3 is 0 Å². The first-order valence-corrected chi connectivity index (χ1v) is 9.72. The third kappa shape index (κ3) is 2.04. The molecule has 27 heavy (non-hydrogen) atoms. The molecule has 0 heterocycles. The van der Waals surface area contributed by atoms with Gasteiger partial charge in [0.2, 0.25) is 0 Å². The van der Waals surface area contributed by atoms with Gasteiger partial charge in [0.05, 0.1) is 6.10 Å². The Hall–Kier alpha value is -1.37. The fraction of sp³-hybridized carbons (Fsp3) is 0.714. The molecule has 3 N–H and O–H groups in total. The number of aliphatic hydroxyl groups is 3. The van der Waals surface area contributed by atoms with E-state index in [4.69, 9.17) is 0 Å². The van der Waals surface area contributed by atoms with Crippen molar-refractivity contribution >= 4 is 11.6 Å². The Balaban J connectivity index is 1.81. The monoisotopic (exact) mass is 378 g/mol. The molecule has 148 valence electrons. The number of carbonyl (C=O) groups is 2. The largest absolute Gasteiger partial charge is 0.390 e. The Morgan fingerprint density at radius 3 is 2.67 bits per heavy atom. The van der Waals surface area contributed by atoms with Gasteiger partial charge in [0.1, 0.15) is 12.2 Å². The molecule has 0 radical (unpaired) electrons. The van der Waals surface area contributed by atoms with E-state index in [1.165, 1.54) is 12.2 Å². The summed E-state index contributed by atoms with van der Waals surface area (Å²) in [6.07, 6.45) is 4.65. The molecule has 0 spiro atoms. The predicted octanol–water partition coefficient (Wildman–Crippen LogP) is 1.65. The normalized spacial score (nSPS) is 51.3. The van der Waals surface area contributed by atoms with Gasteiger partial charge in [-0.25, -0.2) is 4.39 Å². The van der Waals surface area contributed by atoms with Crippen molar-refractivity contribution in [2.75, 3.05) is 6.61 Å². The molecule has 0 aromatic carbocycles. The highest BCUT2D eigenvalue weighted by molar-refractivity contribution is 6.01. The standard InChI is InChI=1S/C21H27FO5/c1-18-7-5-13(24)9-12(18)3-4-15-14-6-8-20(27,17(26)11-23)19(14,2)10-16(25)21(15,18)22/h5,7,9,14-16,23,25,27H,3-4,6,8,10-11H2,1-2H3/t14-,15+,16-,18+,19-,20-,21-/m0/s1. The zero-order valence-corrected chi connectivity index (χ0v) is 15.7. The number of hydrogen-bond donors (Lipinski definition) is 3. The second-order valence-corrected chi connectivity index (χ2v) is 9.24. The van der Waals surface area contributed by atoms with E-state index in [1.54, 1.807) is 19.9 Å². The lowest BCUT2D eigenvalue weighted by Gasteiger charge is -2.62. The summed E-state index contributed by atoms with van der Waals surface area (Å²) in [5.41, 5.74) is -5.07. The maximum Gasteiger partial charge on any atom is 0.190 e. The summed E-state index contributed by atoms with van der Waals surface area (Å²) >= 11 is 0. The van der Waals surface area contributed by atoms with Crippen LogP contribution in [0.4, 0.5) is 4.39 Å². The first-order chi connectivity index (χ1) is 12.5. The molecule has 3 fully saturated rings.